The number of hydrogen-bond donors (Lipinski definition) is 1. The van der Waals surface area contributed by atoms with Crippen LogP contribution in [0.15, 0.2) is 48.5 Å². The van der Waals surface area contributed by atoms with E-state index in [0.29, 0.717) is 32.5 Å². The van der Waals surface area contributed by atoms with E-state index >= 15 is 0 Å². The fourth-order valence-electron chi connectivity index (χ4n) is 3.75. The van der Waals surface area contributed by atoms with Crippen LogP contribution in [-0.2, 0) is 16.0 Å². The van der Waals surface area contributed by atoms with Crippen molar-refractivity contribution in [2.24, 2.45) is 5.92 Å². The minimum absolute atomic E-state index is 0.0154. The van der Waals surface area contributed by atoms with E-state index in [4.69, 9.17) is 4.74 Å². The lowest BCUT2D eigenvalue weighted by Gasteiger charge is -2.24. The van der Waals surface area contributed by atoms with Crippen molar-refractivity contribution < 1.29 is 14.3 Å². The number of rotatable bonds is 6. The Kier molecular flexibility index (Phi) is 6.69. The first kappa shape index (κ1) is 19.9. The third kappa shape index (κ3) is 4.53. The monoisotopic (exact) mass is 380 g/mol. The molecule has 2 amide bonds. The molecule has 0 aliphatic carbocycles. The van der Waals surface area contributed by atoms with Crippen LogP contribution < -0.4 is 10.1 Å². The van der Waals surface area contributed by atoms with Crippen LogP contribution >= 0.6 is 0 Å². The molecule has 0 spiro atoms. The van der Waals surface area contributed by atoms with Crippen molar-refractivity contribution in [3.05, 3.63) is 54.1 Å². The van der Waals surface area contributed by atoms with Gasteiger partial charge in [-0.2, -0.15) is 0 Å². The Labute approximate surface area is 166 Å². The van der Waals surface area contributed by atoms with E-state index in [1.807, 2.05) is 48.2 Å². The van der Waals surface area contributed by atoms with Gasteiger partial charge in [-0.25, -0.2) is 0 Å². The van der Waals surface area contributed by atoms with Gasteiger partial charge in [-0.3, -0.25) is 9.59 Å². The van der Waals surface area contributed by atoms with Crippen molar-refractivity contribution in [3.8, 4) is 16.9 Å². The van der Waals surface area contributed by atoms with Crippen LogP contribution in [-0.4, -0.2) is 43.5 Å². The Morgan fingerprint density at radius 3 is 2.61 bits per heavy atom. The van der Waals surface area contributed by atoms with Crippen molar-refractivity contribution in [1.82, 2.24) is 10.2 Å². The van der Waals surface area contributed by atoms with Crippen LogP contribution in [0.4, 0.5) is 0 Å². The van der Waals surface area contributed by atoms with E-state index in [1.165, 1.54) is 0 Å². The first-order chi connectivity index (χ1) is 13.6. The molecule has 1 atom stereocenters. The second-order valence-corrected chi connectivity index (χ2v) is 7.14. The molecule has 5 heteroatoms. The van der Waals surface area contributed by atoms with Crippen LogP contribution in [0.5, 0.6) is 5.75 Å². The summed E-state index contributed by atoms with van der Waals surface area (Å²) in [7, 11) is 1.66. The summed E-state index contributed by atoms with van der Waals surface area (Å²) in [5.41, 5.74) is 3.15. The van der Waals surface area contributed by atoms with Crippen molar-refractivity contribution in [2.45, 2.75) is 26.2 Å². The second kappa shape index (κ2) is 9.40. The lowest BCUT2D eigenvalue weighted by atomic mass is 9.91. The highest BCUT2D eigenvalue weighted by Gasteiger charge is 2.28. The number of amides is 2. The van der Waals surface area contributed by atoms with Crippen LogP contribution in [0.25, 0.3) is 11.1 Å². The molecule has 148 valence electrons. The molecule has 0 aromatic heterocycles. The zero-order valence-corrected chi connectivity index (χ0v) is 16.6. The van der Waals surface area contributed by atoms with Crippen molar-refractivity contribution in [3.63, 3.8) is 0 Å². The Morgan fingerprint density at radius 2 is 1.86 bits per heavy atom. The minimum atomic E-state index is -0.265. The molecule has 1 fully saturated rings. The molecule has 1 aliphatic heterocycles. The Morgan fingerprint density at radius 1 is 1.14 bits per heavy atom. The number of nitrogens with zero attached hydrogens (tertiary/aromatic N) is 1. The van der Waals surface area contributed by atoms with Gasteiger partial charge in [0.05, 0.1) is 13.0 Å². The number of carbonyl (C=O) groups excluding carboxylic acids is 2. The number of methoxy groups -OCH3 is 1. The van der Waals surface area contributed by atoms with Gasteiger partial charge in [0, 0.05) is 31.6 Å². The van der Waals surface area contributed by atoms with Crippen molar-refractivity contribution in [2.75, 3.05) is 26.7 Å². The normalized spacial score (nSPS) is 17.0. The maximum atomic E-state index is 12.6. The van der Waals surface area contributed by atoms with Crippen LogP contribution in [0, 0.1) is 5.92 Å². The highest BCUT2D eigenvalue weighted by molar-refractivity contribution is 5.83. The van der Waals surface area contributed by atoms with Crippen molar-refractivity contribution >= 4 is 11.8 Å². The highest BCUT2D eigenvalue weighted by Crippen LogP contribution is 2.33. The number of para-hydroxylation sites is 1. The van der Waals surface area contributed by atoms with E-state index in [1.54, 1.807) is 7.11 Å². The molecule has 0 unspecified atom stereocenters. The minimum Gasteiger partial charge on any atom is -0.496 e. The molecular weight excluding hydrogens is 352 g/mol. The SMILES string of the molecule is CCCC(=O)N1CCNC(=O)[C@@H](Cc2ccccc2-c2ccccc2OC)C1. The maximum Gasteiger partial charge on any atom is 0.225 e. The largest absolute Gasteiger partial charge is 0.496 e. The predicted molar refractivity (Wildman–Crippen MR) is 110 cm³/mol. The van der Waals surface area contributed by atoms with Gasteiger partial charge in [-0.1, -0.05) is 49.4 Å². The third-order valence-corrected chi connectivity index (χ3v) is 5.19. The number of nitrogens with one attached hydrogen (secondary N) is 1. The summed E-state index contributed by atoms with van der Waals surface area (Å²) in [5, 5.41) is 2.97. The first-order valence-electron chi connectivity index (χ1n) is 9.90. The summed E-state index contributed by atoms with van der Waals surface area (Å²) >= 11 is 0. The van der Waals surface area contributed by atoms with E-state index in [0.717, 1.165) is 28.9 Å². The number of hydrogen-bond acceptors (Lipinski definition) is 3. The Balaban J connectivity index is 1.88. The molecule has 0 saturated carbocycles. The molecule has 5 nitrogen and oxygen atoms in total. The average molecular weight is 380 g/mol. The van der Waals surface area contributed by atoms with Crippen molar-refractivity contribution in [1.29, 1.82) is 0 Å². The molecule has 0 radical (unpaired) electrons. The second-order valence-electron chi connectivity index (χ2n) is 7.14. The quantitative estimate of drug-likeness (QED) is 0.837. The average Bonchev–Trinajstić information content (AvgIpc) is 2.90. The van der Waals surface area contributed by atoms with Gasteiger partial charge in [-0.05, 0) is 30.0 Å². The first-order valence-corrected chi connectivity index (χ1v) is 9.90. The molecule has 3 rings (SSSR count). The zero-order chi connectivity index (χ0) is 19.9. The van der Waals surface area contributed by atoms with Crippen LogP contribution in [0.3, 0.4) is 0 Å². The fourth-order valence-corrected chi connectivity index (χ4v) is 3.75. The lowest BCUT2D eigenvalue weighted by Crippen LogP contribution is -2.37. The van der Waals surface area contributed by atoms with Gasteiger partial charge < -0.3 is 15.0 Å². The smallest absolute Gasteiger partial charge is 0.225 e. The van der Waals surface area contributed by atoms with Gasteiger partial charge in [0.2, 0.25) is 11.8 Å². The van der Waals surface area contributed by atoms with Gasteiger partial charge in [0.25, 0.3) is 0 Å². The van der Waals surface area contributed by atoms with E-state index in [9.17, 15) is 9.59 Å². The number of carbonyl (C=O) groups is 2. The predicted octanol–water partition coefficient (Wildman–Crippen LogP) is 3.28. The van der Waals surface area contributed by atoms with Gasteiger partial charge >= 0.3 is 0 Å². The van der Waals surface area contributed by atoms with Gasteiger partial charge in [0.1, 0.15) is 5.75 Å². The molecule has 2 aromatic carbocycles. The summed E-state index contributed by atoms with van der Waals surface area (Å²) < 4.78 is 5.53. The molecule has 28 heavy (non-hydrogen) atoms. The number of benzene rings is 2. The molecule has 1 heterocycles. The van der Waals surface area contributed by atoms with Gasteiger partial charge in [0.15, 0.2) is 0 Å². The molecule has 1 N–H and O–H groups in total. The Hall–Kier alpha value is -2.82. The molecular formula is C23H28N2O3. The molecule has 1 aliphatic rings. The Bertz CT molecular complexity index is 834. The van der Waals surface area contributed by atoms with E-state index in [-0.39, 0.29) is 17.7 Å². The van der Waals surface area contributed by atoms with E-state index < -0.39 is 0 Å². The fraction of sp³-hybridized carbons (Fsp3) is 0.391. The van der Waals surface area contributed by atoms with Gasteiger partial charge in [-0.15, -0.1) is 0 Å². The maximum absolute atomic E-state index is 12.6. The summed E-state index contributed by atoms with van der Waals surface area (Å²) in [4.78, 5) is 26.9. The van der Waals surface area contributed by atoms with E-state index in [2.05, 4.69) is 17.4 Å². The number of ether oxygens (including phenoxy) is 1. The summed E-state index contributed by atoms with van der Waals surface area (Å²) in [6.07, 6.45) is 1.92. The lowest BCUT2D eigenvalue weighted by molar-refractivity contribution is -0.132. The highest BCUT2D eigenvalue weighted by atomic mass is 16.5. The molecule has 1 saturated heterocycles. The zero-order valence-electron chi connectivity index (χ0n) is 16.6. The standard InChI is InChI=1S/C23H28N2O3/c1-3-8-22(26)25-14-13-24-23(27)18(16-25)15-17-9-4-5-10-19(17)20-11-6-7-12-21(20)28-2/h4-7,9-12,18H,3,8,13-16H2,1-2H3,(H,24,27)/t18-/m0/s1. The molecule has 0 bridgehead atoms. The summed E-state index contributed by atoms with van der Waals surface area (Å²) in [6.45, 7) is 3.55. The summed E-state index contributed by atoms with van der Waals surface area (Å²) in [6, 6.07) is 16.0. The van der Waals surface area contributed by atoms with Crippen LogP contribution in [0.2, 0.25) is 0 Å². The summed E-state index contributed by atoms with van der Waals surface area (Å²) in [5.74, 6) is 0.683. The topological polar surface area (TPSA) is 58.6 Å². The van der Waals surface area contributed by atoms with Crippen LogP contribution in [0.1, 0.15) is 25.3 Å². The third-order valence-electron chi connectivity index (χ3n) is 5.19. The molecule has 2 aromatic rings.